The average Bonchev–Trinajstić information content (AvgIpc) is 3.19. The van der Waals surface area contributed by atoms with E-state index in [-0.39, 0.29) is 0 Å². The molecular formula is C27H33NO2. The first kappa shape index (κ1) is 23.2. The van der Waals surface area contributed by atoms with Gasteiger partial charge >= 0.3 is 0 Å². The summed E-state index contributed by atoms with van der Waals surface area (Å²) in [4.78, 5) is 4.26. The van der Waals surface area contributed by atoms with Gasteiger partial charge in [-0.3, -0.25) is 4.98 Å². The summed E-state index contributed by atoms with van der Waals surface area (Å²) in [7, 11) is 0. The molecule has 0 N–H and O–H groups in total. The minimum absolute atomic E-state index is 0.723. The fraction of sp³-hybridized carbons (Fsp3) is 0.296. The Bertz CT molecular complexity index is 1010. The molecule has 3 nitrogen and oxygen atoms in total. The second-order valence-electron chi connectivity index (χ2n) is 6.68. The Kier molecular flexibility index (Phi) is 9.66. The van der Waals surface area contributed by atoms with E-state index in [4.69, 9.17) is 9.15 Å². The predicted molar refractivity (Wildman–Crippen MR) is 127 cm³/mol. The molecule has 0 amide bonds. The first-order valence-electron chi connectivity index (χ1n) is 10.9. The maximum Gasteiger partial charge on any atom is 0.142 e. The molecule has 3 heteroatoms. The number of rotatable bonds is 8. The van der Waals surface area contributed by atoms with Crippen LogP contribution in [0.5, 0.6) is 5.75 Å². The van der Waals surface area contributed by atoms with Crippen LogP contribution in [0.15, 0.2) is 71.4 Å². The van der Waals surface area contributed by atoms with Gasteiger partial charge in [0.1, 0.15) is 16.9 Å². The molecule has 0 saturated heterocycles. The molecule has 3 rings (SSSR count). The zero-order valence-corrected chi connectivity index (χ0v) is 18.7. The Morgan fingerprint density at radius 1 is 1.10 bits per heavy atom. The van der Waals surface area contributed by atoms with Crippen LogP contribution in [0.3, 0.4) is 0 Å². The standard InChI is InChI=1S/C25H27NO2.C2H6/c1-4-6-7-10-23(21-9-8-15-26-18-21)25-19(3)17-24(28-25)20-11-13-22(14-12-20)27-16-5-2;1-2/h7-15,17-18H,3-6,16H2,1-2H3;1-2H3/b10-7-,25-23-;. The maximum absolute atomic E-state index is 6.25. The van der Waals surface area contributed by atoms with Gasteiger partial charge in [0, 0.05) is 34.3 Å². The summed E-state index contributed by atoms with van der Waals surface area (Å²) in [6.45, 7) is 13.2. The van der Waals surface area contributed by atoms with Crippen LogP contribution < -0.4 is 15.4 Å². The van der Waals surface area contributed by atoms with Crippen LogP contribution in [0.1, 0.15) is 52.5 Å². The van der Waals surface area contributed by atoms with E-state index in [1.54, 1.807) is 6.20 Å². The van der Waals surface area contributed by atoms with E-state index in [1.165, 1.54) is 0 Å². The van der Waals surface area contributed by atoms with E-state index in [0.717, 1.165) is 64.7 Å². The van der Waals surface area contributed by atoms with Gasteiger partial charge in [-0.05, 0) is 49.2 Å². The summed E-state index contributed by atoms with van der Waals surface area (Å²) in [5, 5.41) is 0.862. The molecule has 0 aliphatic heterocycles. The van der Waals surface area contributed by atoms with Gasteiger partial charge in [-0.1, -0.05) is 58.9 Å². The van der Waals surface area contributed by atoms with Crippen molar-refractivity contribution in [3.8, 4) is 17.1 Å². The summed E-state index contributed by atoms with van der Waals surface area (Å²) in [5.41, 5.74) is 3.80. The highest BCUT2D eigenvalue weighted by Crippen LogP contribution is 2.21. The first-order valence-corrected chi connectivity index (χ1v) is 10.9. The lowest BCUT2D eigenvalue weighted by Gasteiger charge is -2.04. The lowest BCUT2D eigenvalue weighted by molar-refractivity contribution is 0.317. The number of hydrogen-bond acceptors (Lipinski definition) is 3. The molecule has 0 unspecified atom stereocenters. The average molecular weight is 404 g/mol. The fourth-order valence-electron chi connectivity index (χ4n) is 2.93. The van der Waals surface area contributed by atoms with E-state index in [9.17, 15) is 0 Å². The van der Waals surface area contributed by atoms with Crippen LogP contribution >= 0.6 is 0 Å². The smallest absolute Gasteiger partial charge is 0.142 e. The van der Waals surface area contributed by atoms with Gasteiger partial charge in [-0.2, -0.15) is 0 Å². The SMILES string of the molecule is C=c1cc(-c2ccc(OCCC)cc2)o/c1=C(/C=C\CCC)c1cccnc1.CC. The Hall–Kier alpha value is -3.07. The second-order valence-corrected chi connectivity index (χ2v) is 6.68. The number of benzene rings is 1. The Labute approximate surface area is 180 Å². The number of furan rings is 1. The highest BCUT2D eigenvalue weighted by Gasteiger charge is 2.08. The van der Waals surface area contributed by atoms with Crippen molar-refractivity contribution in [1.82, 2.24) is 4.98 Å². The highest BCUT2D eigenvalue weighted by atomic mass is 16.5. The number of ether oxygens (including phenoxy) is 1. The topological polar surface area (TPSA) is 35.3 Å². The summed E-state index contributed by atoms with van der Waals surface area (Å²) in [5.74, 6) is 1.67. The minimum atomic E-state index is 0.723. The van der Waals surface area contributed by atoms with Gasteiger partial charge in [0.25, 0.3) is 0 Å². The minimum Gasteiger partial charge on any atom is -0.494 e. The lowest BCUT2D eigenvalue weighted by atomic mass is 10.1. The van der Waals surface area contributed by atoms with Gasteiger partial charge in [0.2, 0.25) is 0 Å². The Morgan fingerprint density at radius 2 is 1.87 bits per heavy atom. The van der Waals surface area contributed by atoms with Crippen molar-refractivity contribution < 1.29 is 9.15 Å². The monoisotopic (exact) mass is 403 g/mol. The molecule has 0 spiro atoms. The third-order valence-corrected chi connectivity index (χ3v) is 4.38. The maximum atomic E-state index is 6.25. The summed E-state index contributed by atoms with van der Waals surface area (Å²) >= 11 is 0. The van der Waals surface area contributed by atoms with Gasteiger partial charge in [0.05, 0.1) is 6.61 Å². The zero-order chi connectivity index (χ0) is 21.8. The summed E-state index contributed by atoms with van der Waals surface area (Å²) < 4.78 is 11.9. The summed E-state index contributed by atoms with van der Waals surface area (Å²) in [6, 6.07) is 13.9. The molecule has 3 aromatic rings. The molecule has 2 heterocycles. The zero-order valence-electron chi connectivity index (χ0n) is 18.7. The lowest BCUT2D eigenvalue weighted by Crippen LogP contribution is -2.20. The van der Waals surface area contributed by atoms with Crippen molar-refractivity contribution in [3.05, 3.63) is 83.2 Å². The molecule has 0 fully saturated rings. The first-order chi connectivity index (χ1) is 14.7. The molecule has 2 aromatic heterocycles. The molecule has 0 aliphatic carbocycles. The Morgan fingerprint density at radius 3 is 2.50 bits per heavy atom. The number of aromatic nitrogens is 1. The number of pyridine rings is 1. The van der Waals surface area contributed by atoms with Crippen LogP contribution in [-0.4, -0.2) is 11.6 Å². The second kappa shape index (κ2) is 12.5. The van der Waals surface area contributed by atoms with Gasteiger partial charge in [-0.25, -0.2) is 0 Å². The predicted octanol–water partition coefficient (Wildman–Crippen LogP) is 6.12. The van der Waals surface area contributed by atoms with Crippen molar-refractivity contribution >= 4 is 12.2 Å². The van der Waals surface area contributed by atoms with E-state index in [2.05, 4.69) is 37.6 Å². The quantitative estimate of drug-likeness (QED) is 0.454. The molecule has 30 heavy (non-hydrogen) atoms. The van der Waals surface area contributed by atoms with Gasteiger partial charge in [0.15, 0.2) is 0 Å². The third-order valence-electron chi connectivity index (χ3n) is 4.38. The van der Waals surface area contributed by atoms with E-state index in [0.29, 0.717) is 0 Å². The summed E-state index contributed by atoms with van der Waals surface area (Å²) in [6.07, 6.45) is 11.0. The molecule has 158 valence electrons. The Balaban J connectivity index is 0.00000155. The van der Waals surface area contributed by atoms with Crippen molar-refractivity contribution in [3.63, 3.8) is 0 Å². The van der Waals surface area contributed by atoms with E-state index < -0.39 is 0 Å². The van der Waals surface area contributed by atoms with Crippen LogP contribution in [-0.2, 0) is 0 Å². The number of unbranched alkanes of at least 4 members (excludes halogenated alkanes) is 1. The molecule has 0 aliphatic rings. The van der Waals surface area contributed by atoms with Crippen molar-refractivity contribution in [2.75, 3.05) is 6.61 Å². The van der Waals surface area contributed by atoms with E-state index in [1.807, 2.05) is 62.5 Å². The largest absolute Gasteiger partial charge is 0.494 e. The normalized spacial score (nSPS) is 11.7. The molecule has 0 saturated carbocycles. The van der Waals surface area contributed by atoms with Crippen LogP contribution in [0.2, 0.25) is 0 Å². The van der Waals surface area contributed by atoms with Crippen molar-refractivity contribution in [2.45, 2.75) is 47.0 Å². The van der Waals surface area contributed by atoms with Crippen LogP contribution in [0, 0.1) is 0 Å². The molecule has 1 aromatic carbocycles. The number of nitrogens with zero attached hydrogens (tertiary/aromatic N) is 1. The van der Waals surface area contributed by atoms with Crippen molar-refractivity contribution in [2.24, 2.45) is 0 Å². The molecular weight excluding hydrogens is 370 g/mol. The van der Waals surface area contributed by atoms with Crippen LogP contribution in [0.4, 0.5) is 0 Å². The molecule has 0 bridgehead atoms. The van der Waals surface area contributed by atoms with Crippen LogP contribution in [0.25, 0.3) is 23.5 Å². The van der Waals surface area contributed by atoms with E-state index >= 15 is 0 Å². The molecule has 0 atom stereocenters. The van der Waals surface area contributed by atoms with Gasteiger partial charge in [-0.15, -0.1) is 0 Å². The molecule has 0 radical (unpaired) electrons. The highest BCUT2D eigenvalue weighted by molar-refractivity contribution is 5.73. The third kappa shape index (κ3) is 6.21. The number of allylic oxidation sites excluding steroid dienone is 2. The van der Waals surface area contributed by atoms with Crippen molar-refractivity contribution in [1.29, 1.82) is 0 Å². The fourth-order valence-corrected chi connectivity index (χ4v) is 2.93. The van der Waals surface area contributed by atoms with Gasteiger partial charge < -0.3 is 9.15 Å². The number of hydrogen-bond donors (Lipinski definition) is 0.